The first-order valence-corrected chi connectivity index (χ1v) is 5.42. The van der Waals surface area contributed by atoms with Crippen molar-refractivity contribution < 1.29 is 4.79 Å². The molecule has 0 spiro atoms. The number of hydrogen-bond acceptors (Lipinski definition) is 1. The summed E-state index contributed by atoms with van der Waals surface area (Å²) in [4.78, 5) is 11.3. The number of ketones is 1. The highest BCUT2D eigenvalue weighted by molar-refractivity contribution is 9.10. The van der Waals surface area contributed by atoms with Crippen LogP contribution in [0.4, 0.5) is 0 Å². The van der Waals surface area contributed by atoms with Gasteiger partial charge in [-0.3, -0.25) is 4.79 Å². The van der Waals surface area contributed by atoms with Crippen molar-refractivity contribution in [1.29, 1.82) is 0 Å². The van der Waals surface area contributed by atoms with Crippen LogP contribution in [0.5, 0.6) is 0 Å². The molecule has 1 aromatic carbocycles. The van der Waals surface area contributed by atoms with E-state index in [1.165, 1.54) is 0 Å². The van der Waals surface area contributed by atoms with Crippen molar-refractivity contribution in [3.05, 3.63) is 33.8 Å². The molecule has 1 rings (SSSR count). The van der Waals surface area contributed by atoms with Crippen molar-refractivity contribution in [3.63, 3.8) is 0 Å². The van der Waals surface area contributed by atoms with Crippen LogP contribution < -0.4 is 0 Å². The van der Waals surface area contributed by atoms with Crippen molar-refractivity contribution in [2.75, 3.05) is 5.33 Å². The van der Waals surface area contributed by atoms with E-state index in [0.717, 1.165) is 15.6 Å². The number of rotatable bonds is 2. The van der Waals surface area contributed by atoms with Crippen LogP contribution in [0, 0.1) is 6.92 Å². The van der Waals surface area contributed by atoms with E-state index in [2.05, 4.69) is 31.9 Å². The zero-order valence-electron chi connectivity index (χ0n) is 6.60. The van der Waals surface area contributed by atoms with Gasteiger partial charge < -0.3 is 0 Å². The molecule has 0 bridgehead atoms. The molecule has 0 aromatic heterocycles. The second-order valence-electron chi connectivity index (χ2n) is 2.47. The molecule has 0 aliphatic heterocycles. The van der Waals surface area contributed by atoms with Gasteiger partial charge in [-0.25, -0.2) is 0 Å². The van der Waals surface area contributed by atoms with Crippen LogP contribution in [0.1, 0.15) is 15.9 Å². The minimum atomic E-state index is 0.119. The predicted octanol–water partition coefficient (Wildman–Crippen LogP) is 3.34. The molecule has 0 saturated heterocycles. The molecule has 0 radical (unpaired) electrons. The van der Waals surface area contributed by atoms with Gasteiger partial charge in [-0.05, 0) is 18.6 Å². The van der Waals surface area contributed by atoms with Crippen molar-refractivity contribution in [2.45, 2.75) is 6.92 Å². The minimum absolute atomic E-state index is 0.119. The van der Waals surface area contributed by atoms with Gasteiger partial charge in [-0.1, -0.05) is 44.0 Å². The highest BCUT2D eigenvalue weighted by Gasteiger charge is 2.08. The summed E-state index contributed by atoms with van der Waals surface area (Å²) in [5.74, 6) is 0.119. The van der Waals surface area contributed by atoms with Crippen molar-refractivity contribution in [3.8, 4) is 0 Å². The summed E-state index contributed by atoms with van der Waals surface area (Å²) in [6.45, 7) is 1.93. The average Bonchev–Trinajstić information content (AvgIpc) is 2.08. The van der Waals surface area contributed by atoms with Gasteiger partial charge in [0.1, 0.15) is 0 Å². The molecule has 0 amide bonds. The molecular weight excluding hydrogens is 284 g/mol. The Morgan fingerprint density at radius 2 is 2.17 bits per heavy atom. The first-order chi connectivity index (χ1) is 5.66. The van der Waals surface area contributed by atoms with Gasteiger partial charge in [0.05, 0.1) is 5.33 Å². The van der Waals surface area contributed by atoms with E-state index in [-0.39, 0.29) is 5.78 Å². The topological polar surface area (TPSA) is 17.1 Å². The summed E-state index contributed by atoms with van der Waals surface area (Å²) in [7, 11) is 0. The van der Waals surface area contributed by atoms with Crippen LogP contribution in [-0.4, -0.2) is 11.1 Å². The van der Waals surface area contributed by atoms with Crippen LogP contribution >= 0.6 is 31.9 Å². The zero-order valence-corrected chi connectivity index (χ0v) is 9.78. The fraction of sp³-hybridized carbons (Fsp3) is 0.222. The summed E-state index contributed by atoms with van der Waals surface area (Å²) in [6.07, 6.45) is 0. The lowest BCUT2D eigenvalue weighted by atomic mass is 10.1. The second kappa shape index (κ2) is 4.19. The molecule has 12 heavy (non-hydrogen) atoms. The molecular formula is C9H8Br2O. The summed E-state index contributed by atoms with van der Waals surface area (Å²) >= 11 is 6.52. The maximum atomic E-state index is 11.3. The van der Waals surface area contributed by atoms with E-state index in [4.69, 9.17) is 0 Å². The largest absolute Gasteiger partial charge is 0.293 e. The van der Waals surface area contributed by atoms with E-state index in [1.807, 2.05) is 25.1 Å². The maximum absolute atomic E-state index is 11.3. The van der Waals surface area contributed by atoms with E-state index in [1.54, 1.807) is 0 Å². The molecule has 0 aliphatic carbocycles. The highest BCUT2D eigenvalue weighted by Crippen LogP contribution is 2.19. The van der Waals surface area contributed by atoms with Gasteiger partial charge >= 0.3 is 0 Å². The zero-order chi connectivity index (χ0) is 9.14. The highest BCUT2D eigenvalue weighted by atomic mass is 79.9. The van der Waals surface area contributed by atoms with Crippen LogP contribution in [0.25, 0.3) is 0 Å². The second-order valence-corrected chi connectivity index (χ2v) is 3.88. The molecule has 0 fully saturated rings. The molecule has 0 unspecified atom stereocenters. The minimum Gasteiger partial charge on any atom is -0.293 e. The van der Waals surface area contributed by atoms with Gasteiger partial charge in [0.2, 0.25) is 0 Å². The maximum Gasteiger partial charge on any atom is 0.173 e. The fourth-order valence-corrected chi connectivity index (χ4v) is 1.65. The number of carbonyl (C=O) groups is 1. The lowest BCUT2D eigenvalue weighted by Gasteiger charge is -2.03. The van der Waals surface area contributed by atoms with Gasteiger partial charge in [-0.15, -0.1) is 0 Å². The van der Waals surface area contributed by atoms with Gasteiger partial charge in [0, 0.05) is 10.0 Å². The monoisotopic (exact) mass is 290 g/mol. The third kappa shape index (κ3) is 1.96. The molecule has 0 aliphatic rings. The normalized spacial score (nSPS) is 9.92. The van der Waals surface area contributed by atoms with Crippen molar-refractivity contribution in [1.82, 2.24) is 0 Å². The van der Waals surface area contributed by atoms with Crippen LogP contribution in [-0.2, 0) is 0 Å². The average molecular weight is 292 g/mol. The van der Waals surface area contributed by atoms with E-state index >= 15 is 0 Å². The predicted molar refractivity (Wildman–Crippen MR) is 57.0 cm³/mol. The lowest BCUT2D eigenvalue weighted by Crippen LogP contribution is -2.02. The Labute approximate surface area is 88.4 Å². The van der Waals surface area contributed by atoms with E-state index < -0.39 is 0 Å². The Balaban J connectivity index is 3.16. The number of Topliss-reactive ketones (excluding diaryl/α,β-unsaturated/α-hetero) is 1. The molecule has 64 valence electrons. The van der Waals surface area contributed by atoms with Gasteiger partial charge in [0.15, 0.2) is 5.78 Å². The Morgan fingerprint density at radius 3 is 2.75 bits per heavy atom. The quantitative estimate of drug-likeness (QED) is 0.603. The molecule has 1 nitrogen and oxygen atoms in total. The van der Waals surface area contributed by atoms with E-state index in [0.29, 0.717) is 5.33 Å². The number of benzene rings is 1. The number of carbonyl (C=O) groups excluding carboxylic acids is 1. The molecule has 1 aromatic rings. The Hall–Kier alpha value is -0.150. The number of halogens is 2. The SMILES string of the molecule is Cc1c(Br)cccc1C(=O)CBr. The van der Waals surface area contributed by atoms with Gasteiger partial charge in [-0.2, -0.15) is 0 Å². The molecule has 0 atom stereocenters. The van der Waals surface area contributed by atoms with E-state index in [9.17, 15) is 4.79 Å². The summed E-state index contributed by atoms with van der Waals surface area (Å²) < 4.78 is 0.981. The molecule has 0 N–H and O–H groups in total. The number of alkyl halides is 1. The molecule has 3 heteroatoms. The standard InChI is InChI=1S/C9H8Br2O/c1-6-7(9(12)5-10)3-2-4-8(6)11/h2-4H,5H2,1H3. The summed E-state index contributed by atoms with van der Waals surface area (Å²) in [5, 5.41) is 0.379. The Bertz CT molecular complexity index is 307. The Kier molecular flexibility index (Phi) is 3.47. The Morgan fingerprint density at radius 1 is 1.50 bits per heavy atom. The first-order valence-electron chi connectivity index (χ1n) is 3.51. The van der Waals surface area contributed by atoms with Crippen molar-refractivity contribution >= 4 is 37.6 Å². The fourth-order valence-electron chi connectivity index (χ4n) is 0.982. The molecule has 0 saturated carbocycles. The third-order valence-corrected chi connectivity index (χ3v) is 3.06. The number of hydrogen-bond donors (Lipinski definition) is 0. The van der Waals surface area contributed by atoms with Crippen LogP contribution in [0.2, 0.25) is 0 Å². The van der Waals surface area contributed by atoms with Crippen LogP contribution in [0.3, 0.4) is 0 Å². The lowest BCUT2D eigenvalue weighted by molar-refractivity contribution is 0.102. The van der Waals surface area contributed by atoms with Crippen LogP contribution in [0.15, 0.2) is 22.7 Å². The summed E-state index contributed by atoms with van der Waals surface area (Å²) in [5.41, 5.74) is 1.78. The third-order valence-electron chi connectivity index (χ3n) is 1.69. The van der Waals surface area contributed by atoms with Gasteiger partial charge in [0.25, 0.3) is 0 Å². The smallest absolute Gasteiger partial charge is 0.173 e. The first kappa shape index (κ1) is 9.93. The van der Waals surface area contributed by atoms with Crippen molar-refractivity contribution in [2.24, 2.45) is 0 Å². The molecule has 0 heterocycles. The summed E-state index contributed by atoms with van der Waals surface area (Å²) in [6, 6.07) is 5.64.